The molecule has 0 aliphatic heterocycles. The summed E-state index contributed by atoms with van der Waals surface area (Å²) < 4.78 is 0. The van der Waals surface area contributed by atoms with E-state index in [1.54, 1.807) is 12.1 Å². The molecule has 0 spiro atoms. The summed E-state index contributed by atoms with van der Waals surface area (Å²) >= 11 is 0. The average Bonchev–Trinajstić information content (AvgIpc) is 3.24. The van der Waals surface area contributed by atoms with Gasteiger partial charge in [0.15, 0.2) is 0 Å². The van der Waals surface area contributed by atoms with E-state index in [1.807, 2.05) is 0 Å². The molecule has 0 aliphatic rings. The van der Waals surface area contributed by atoms with Crippen molar-refractivity contribution in [3.8, 4) is 17.2 Å². The van der Waals surface area contributed by atoms with Gasteiger partial charge < -0.3 is 69.9 Å². The van der Waals surface area contributed by atoms with Gasteiger partial charge in [0, 0.05) is 12.8 Å². The summed E-state index contributed by atoms with van der Waals surface area (Å²) in [7, 11) is 0. The minimum absolute atomic E-state index is 0.000869. The van der Waals surface area contributed by atoms with Gasteiger partial charge in [0.05, 0.1) is 12.5 Å². The predicted molar refractivity (Wildman–Crippen MR) is 230 cm³/mol. The van der Waals surface area contributed by atoms with Crippen molar-refractivity contribution >= 4 is 41.4 Å². The second kappa shape index (κ2) is 25.9. The van der Waals surface area contributed by atoms with E-state index < -0.39 is 84.1 Å². The molecule has 0 heterocycles. The molecule has 3 rings (SSSR count). The zero-order chi connectivity index (χ0) is 46.5. The Kier molecular flexibility index (Phi) is 20.8. The number of benzene rings is 3. The maximum atomic E-state index is 14.3. The summed E-state index contributed by atoms with van der Waals surface area (Å²) in [6, 6.07) is 9.04. The van der Waals surface area contributed by atoms with Crippen LogP contribution >= 0.6 is 0 Å². The molecular formula is C43H59N9O11. The second-order valence-corrected chi connectivity index (χ2v) is 15.1. The van der Waals surface area contributed by atoms with Crippen molar-refractivity contribution in [3.05, 3.63) is 89.5 Å². The van der Waals surface area contributed by atoms with Crippen LogP contribution in [0.4, 0.5) is 0 Å². The van der Waals surface area contributed by atoms with Crippen molar-refractivity contribution in [1.29, 1.82) is 0 Å². The summed E-state index contributed by atoms with van der Waals surface area (Å²) in [5.41, 5.74) is 24.3. The number of nitrogens with one attached hydrogen (secondary N) is 5. The van der Waals surface area contributed by atoms with Gasteiger partial charge in [-0.05, 0) is 111 Å². The quantitative estimate of drug-likeness (QED) is 0.0401. The maximum absolute atomic E-state index is 14.3. The van der Waals surface area contributed by atoms with Crippen LogP contribution in [0.5, 0.6) is 17.2 Å². The lowest BCUT2D eigenvalue weighted by Crippen LogP contribution is -2.60. The van der Waals surface area contributed by atoms with E-state index >= 15 is 0 Å². The van der Waals surface area contributed by atoms with Gasteiger partial charge in [-0.15, -0.1) is 0 Å². The number of hydrogen-bond acceptors (Lipinski definition) is 13. The van der Waals surface area contributed by atoms with E-state index in [2.05, 4.69) is 26.6 Å². The van der Waals surface area contributed by atoms with Crippen LogP contribution in [0.15, 0.2) is 72.8 Å². The van der Waals surface area contributed by atoms with E-state index in [0.717, 1.165) is 0 Å². The molecule has 6 unspecified atom stereocenters. The Labute approximate surface area is 364 Å². The molecule has 342 valence electrons. The highest BCUT2D eigenvalue weighted by Gasteiger charge is 2.34. The van der Waals surface area contributed by atoms with Crippen LogP contribution in [0.1, 0.15) is 61.6 Å². The largest absolute Gasteiger partial charge is 0.508 e. The third-order valence-electron chi connectivity index (χ3n) is 9.93. The van der Waals surface area contributed by atoms with Gasteiger partial charge >= 0.3 is 5.97 Å². The Balaban J connectivity index is 1.94. The number of carbonyl (C=O) groups excluding carboxylic acids is 6. The first-order valence-corrected chi connectivity index (χ1v) is 20.5. The third-order valence-corrected chi connectivity index (χ3v) is 9.93. The summed E-state index contributed by atoms with van der Waals surface area (Å²) in [6.07, 6.45) is 0.848. The molecule has 0 aromatic heterocycles. The fourth-order valence-corrected chi connectivity index (χ4v) is 6.42. The zero-order valence-corrected chi connectivity index (χ0v) is 34.8. The number of nitrogens with two attached hydrogens (primary N) is 4. The van der Waals surface area contributed by atoms with Gasteiger partial charge in [-0.2, -0.15) is 0 Å². The van der Waals surface area contributed by atoms with Crippen LogP contribution in [0, 0.1) is 0 Å². The summed E-state index contributed by atoms with van der Waals surface area (Å²) in [4.78, 5) is 93.3. The lowest BCUT2D eigenvalue weighted by molar-refractivity contribution is -0.142. The highest BCUT2D eigenvalue weighted by atomic mass is 16.4. The lowest BCUT2D eigenvalue weighted by atomic mass is 10.0. The normalized spacial score (nSPS) is 13.8. The number of carboxylic acids is 1. The van der Waals surface area contributed by atoms with Crippen molar-refractivity contribution in [2.24, 2.45) is 22.9 Å². The highest BCUT2D eigenvalue weighted by Crippen LogP contribution is 2.16. The van der Waals surface area contributed by atoms with Gasteiger partial charge in [-0.3, -0.25) is 28.8 Å². The van der Waals surface area contributed by atoms with Crippen molar-refractivity contribution in [3.63, 3.8) is 0 Å². The van der Waals surface area contributed by atoms with Crippen LogP contribution in [0.2, 0.25) is 0 Å². The smallest absolute Gasteiger partial charge is 0.326 e. The number of unbranched alkanes of at least 4 members (excludes halogenated alkanes) is 2. The molecule has 6 atom stereocenters. The van der Waals surface area contributed by atoms with Crippen molar-refractivity contribution in [2.75, 3.05) is 13.1 Å². The minimum Gasteiger partial charge on any atom is -0.508 e. The van der Waals surface area contributed by atoms with Gasteiger partial charge in [0.2, 0.25) is 35.4 Å². The molecule has 20 nitrogen and oxygen atoms in total. The van der Waals surface area contributed by atoms with Gasteiger partial charge in [0.1, 0.15) is 47.5 Å². The molecule has 17 N–H and O–H groups in total. The first-order chi connectivity index (χ1) is 30.0. The van der Waals surface area contributed by atoms with E-state index in [0.29, 0.717) is 48.9 Å². The molecule has 0 saturated carbocycles. The Hall–Kier alpha value is -6.77. The average molecular weight is 878 g/mol. The number of carboxylic acid groups (broad SMARTS) is 1. The number of aliphatic carboxylic acids is 1. The molecule has 0 radical (unpaired) electrons. The molecule has 0 saturated heterocycles. The van der Waals surface area contributed by atoms with E-state index in [1.165, 1.54) is 60.7 Å². The number of hydrogen-bond donors (Lipinski definition) is 13. The lowest BCUT2D eigenvalue weighted by Gasteiger charge is -2.27. The topological polar surface area (TPSA) is 365 Å². The van der Waals surface area contributed by atoms with Crippen molar-refractivity contribution < 1.29 is 54.0 Å². The molecule has 20 heteroatoms. The molecule has 0 fully saturated rings. The van der Waals surface area contributed by atoms with Gasteiger partial charge in [-0.1, -0.05) is 36.4 Å². The Morgan fingerprint density at radius 1 is 0.460 bits per heavy atom. The van der Waals surface area contributed by atoms with Crippen LogP contribution in [-0.4, -0.2) is 111 Å². The molecule has 0 aliphatic carbocycles. The zero-order valence-electron chi connectivity index (χ0n) is 34.8. The van der Waals surface area contributed by atoms with Crippen molar-refractivity contribution in [2.45, 2.75) is 100 Å². The predicted octanol–water partition coefficient (Wildman–Crippen LogP) is -1.20. The van der Waals surface area contributed by atoms with E-state index in [9.17, 15) is 54.0 Å². The number of primary amides is 1. The molecule has 0 bridgehead atoms. The molecule has 6 amide bonds. The molecule has 63 heavy (non-hydrogen) atoms. The van der Waals surface area contributed by atoms with Gasteiger partial charge in [-0.25, -0.2) is 4.79 Å². The minimum atomic E-state index is -1.61. The second-order valence-electron chi connectivity index (χ2n) is 15.1. The number of carbonyl (C=O) groups is 7. The van der Waals surface area contributed by atoms with Crippen molar-refractivity contribution in [1.82, 2.24) is 26.6 Å². The van der Waals surface area contributed by atoms with Crippen LogP contribution in [0.25, 0.3) is 0 Å². The SMILES string of the molecule is NCCCCC(NC(=O)C(CCCCN)NC(=O)C(Cc1ccc(O)cc1)NC(=O)C(Cc1ccc(O)cc1)NC(=O)C(CC(N)=O)NC(=O)C(N)Cc1ccc(O)cc1)C(=O)O. The Bertz CT molecular complexity index is 1980. The fraction of sp³-hybridized carbons (Fsp3) is 0.419. The van der Waals surface area contributed by atoms with Crippen LogP contribution in [0.3, 0.4) is 0 Å². The Morgan fingerprint density at radius 3 is 1.19 bits per heavy atom. The molecule has 3 aromatic rings. The number of phenolic OH excluding ortho intramolecular Hbond substituents is 3. The summed E-state index contributed by atoms with van der Waals surface area (Å²) in [5, 5.41) is 51.9. The van der Waals surface area contributed by atoms with E-state index in [4.69, 9.17) is 22.9 Å². The number of phenols is 3. The summed E-state index contributed by atoms with van der Waals surface area (Å²) in [5.74, 6) is -6.79. The monoisotopic (exact) mass is 877 g/mol. The number of amides is 6. The highest BCUT2D eigenvalue weighted by molar-refractivity contribution is 5.97. The summed E-state index contributed by atoms with van der Waals surface area (Å²) in [6.45, 7) is 0.608. The molecular weight excluding hydrogens is 819 g/mol. The maximum Gasteiger partial charge on any atom is 0.326 e. The standard InChI is InChI=1S/C43H59N9O11/c44-19-3-1-5-32(39(58)49-33(43(62)63)6-2-4-20-45)48-40(59)34(22-26-9-15-29(54)16-10-26)51-41(60)35(23-27-11-17-30(55)18-12-27)52-42(61)36(24-37(47)56)50-38(57)31(46)21-25-7-13-28(53)14-8-25/h7-18,31-36,53-55H,1-6,19-24,44-46H2,(H2,47,56)(H,48,59)(H,49,58)(H,50,57)(H,51,60)(H,52,61)(H,62,63). The fourth-order valence-electron chi connectivity index (χ4n) is 6.42. The number of aromatic hydroxyl groups is 3. The van der Waals surface area contributed by atoms with E-state index in [-0.39, 0.29) is 55.9 Å². The van der Waals surface area contributed by atoms with Crippen LogP contribution < -0.4 is 49.5 Å². The number of rotatable bonds is 27. The first-order valence-electron chi connectivity index (χ1n) is 20.5. The third kappa shape index (κ3) is 18.0. The Morgan fingerprint density at radius 2 is 0.794 bits per heavy atom. The van der Waals surface area contributed by atoms with Gasteiger partial charge in [0.25, 0.3) is 0 Å². The molecule has 3 aromatic carbocycles. The van der Waals surface area contributed by atoms with Crippen LogP contribution in [-0.2, 0) is 52.8 Å². The first kappa shape index (κ1) is 50.6.